The predicted molar refractivity (Wildman–Crippen MR) is 63.0 cm³/mol. The van der Waals surface area contributed by atoms with Gasteiger partial charge in [-0.2, -0.15) is 4.98 Å². The highest BCUT2D eigenvalue weighted by molar-refractivity contribution is 5.59. The molecule has 0 fully saturated rings. The molecule has 0 bridgehead atoms. The number of hydrogen-bond acceptors (Lipinski definition) is 7. The second kappa shape index (κ2) is 4.21. The molecule has 3 rings (SSSR count). The lowest BCUT2D eigenvalue weighted by Crippen LogP contribution is -1.89. The smallest absolute Gasteiger partial charge is 0.258 e. The minimum absolute atomic E-state index is 0.366. The van der Waals surface area contributed by atoms with Crippen LogP contribution in [-0.2, 0) is 0 Å². The van der Waals surface area contributed by atoms with E-state index in [1.807, 2.05) is 0 Å². The summed E-state index contributed by atoms with van der Waals surface area (Å²) in [5.41, 5.74) is 6.85. The van der Waals surface area contributed by atoms with Crippen molar-refractivity contribution in [1.82, 2.24) is 25.1 Å². The lowest BCUT2D eigenvalue weighted by atomic mass is 10.2. The van der Waals surface area contributed by atoms with Crippen molar-refractivity contribution >= 4 is 5.82 Å². The van der Waals surface area contributed by atoms with Crippen molar-refractivity contribution in [3.8, 4) is 23.0 Å². The van der Waals surface area contributed by atoms with Gasteiger partial charge in [0.1, 0.15) is 11.5 Å². The Morgan fingerprint density at radius 3 is 2.83 bits per heavy atom. The maximum Gasteiger partial charge on any atom is 0.258 e. The summed E-state index contributed by atoms with van der Waals surface area (Å²) >= 11 is 0. The van der Waals surface area contributed by atoms with Crippen LogP contribution in [0.25, 0.3) is 23.0 Å². The average Bonchev–Trinajstić information content (AvgIpc) is 2.89. The summed E-state index contributed by atoms with van der Waals surface area (Å²) in [7, 11) is 0. The molecule has 88 valence electrons. The zero-order valence-electron chi connectivity index (χ0n) is 9.19. The Balaban J connectivity index is 2.00. The lowest BCUT2D eigenvalue weighted by molar-refractivity contribution is 0.432. The van der Waals surface area contributed by atoms with E-state index in [0.29, 0.717) is 28.8 Å². The molecular weight excluding hydrogens is 232 g/mol. The number of anilines is 1. The number of nitrogen functional groups attached to an aromatic ring is 1. The highest BCUT2D eigenvalue weighted by atomic mass is 16.5. The molecular formula is C11H8N6O. The quantitative estimate of drug-likeness (QED) is 0.716. The standard InChI is InChI=1S/C11H8N6O/c12-9-5-7(1-2-15-9)11-16-10(17-18-11)8-6-13-3-4-14-8/h1-6H,(H2,12,15). The summed E-state index contributed by atoms with van der Waals surface area (Å²) in [4.78, 5) is 16.2. The van der Waals surface area contributed by atoms with Crippen molar-refractivity contribution in [3.63, 3.8) is 0 Å². The van der Waals surface area contributed by atoms with Gasteiger partial charge < -0.3 is 10.3 Å². The molecule has 0 saturated heterocycles. The fraction of sp³-hybridized carbons (Fsp3) is 0. The predicted octanol–water partition coefficient (Wildman–Crippen LogP) is 1.17. The molecule has 0 atom stereocenters. The third-order valence-electron chi connectivity index (χ3n) is 2.25. The first-order valence-electron chi connectivity index (χ1n) is 5.15. The first kappa shape index (κ1) is 10.3. The fourth-order valence-electron chi connectivity index (χ4n) is 1.44. The van der Waals surface area contributed by atoms with Gasteiger partial charge in [0, 0.05) is 24.2 Å². The molecule has 0 radical (unpaired) electrons. The van der Waals surface area contributed by atoms with Crippen molar-refractivity contribution in [1.29, 1.82) is 0 Å². The Hall–Kier alpha value is -2.83. The molecule has 0 aliphatic heterocycles. The van der Waals surface area contributed by atoms with Crippen LogP contribution >= 0.6 is 0 Å². The molecule has 0 spiro atoms. The Morgan fingerprint density at radius 1 is 1.11 bits per heavy atom. The molecule has 0 aliphatic rings. The van der Waals surface area contributed by atoms with Crippen molar-refractivity contribution in [2.75, 3.05) is 5.73 Å². The molecule has 0 aliphatic carbocycles. The Labute approximate surface area is 102 Å². The largest absolute Gasteiger partial charge is 0.384 e. The Kier molecular flexibility index (Phi) is 2.41. The van der Waals surface area contributed by atoms with Crippen LogP contribution in [0.1, 0.15) is 0 Å². The Morgan fingerprint density at radius 2 is 2.06 bits per heavy atom. The molecule has 3 heterocycles. The van der Waals surface area contributed by atoms with Gasteiger partial charge in [-0.05, 0) is 12.1 Å². The van der Waals surface area contributed by atoms with Gasteiger partial charge in [0.15, 0.2) is 0 Å². The zero-order chi connectivity index (χ0) is 12.4. The van der Waals surface area contributed by atoms with Gasteiger partial charge in [0.2, 0.25) is 5.82 Å². The van der Waals surface area contributed by atoms with Crippen molar-refractivity contribution < 1.29 is 4.52 Å². The van der Waals surface area contributed by atoms with E-state index in [1.165, 1.54) is 0 Å². The molecule has 7 nitrogen and oxygen atoms in total. The number of nitrogens with two attached hydrogens (primary N) is 1. The van der Waals surface area contributed by atoms with Crippen LogP contribution in [0.4, 0.5) is 5.82 Å². The zero-order valence-corrected chi connectivity index (χ0v) is 9.19. The maximum atomic E-state index is 5.59. The van der Waals surface area contributed by atoms with Crippen LogP contribution in [0, 0.1) is 0 Å². The molecule has 0 amide bonds. The molecule has 2 N–H and O–H groups in total. The van der Waals surface area contributed by atoms with Crippen LogP contribution in [0.3, 0.4) is 0 Å². The molecule has 0 aromatic carbocycles. The summed E-state index contributed by atoms with van der Waals surface area (Å²) in [5, 5.41) is 3.84. The molecule has 3 aromatic rings. The number of nitrogens with zero attached hydrogens (tertiary/aromatic N) is 5. The van der Waals surface area contributed by atoms with E-state index in [-0.39, 0.29) is 0 Å². The van der Waals surface area contributed by atoms with Crippen LogP contribution in [-0.4, -0.2) is 25.1 Å². The third kappa shape index (κ3) is 1.88. The monoisotopic (exact) mass is 240 g/mol. The van der Waals surface area contributed by atoms with E-state index in [0.717, 1.165) is 0 Å². The van der Waals surface area contributed by atoms with E-state index in [9.17, 15) is 0 Å². The Bertz CT molecular complexity index is 666. The molecule has 7 heteroatoms. The first-order valence-corrected chi connectivity index (χ1v) is 5.15. The first-order chi connectivity index (χ1) is 8.83. The second-order valence-electron chi connectivity index (χ2n) is 3.48. The summed E-state index contributed by atoms with van der Waals surface area (Å²) in [6.45, 7) is 0. The van der Waals surface area contributed by atoms with Crippen LogP contribution in [0.5, 0.6) is 0 Å². The minimum atomic E-state index is 0.366. The summed E-state index contributed by atoms with van der Waals surface area (Å²) in [6, 6.07) is 3.40. The minimum Gasteiger partial charge on any atom is -0.384 e. The van der Waals surface area contributed by atoms with Crippen LogP contribution in [0.2, 0.25) is 0 Å². The third-order valence-corrected chi connectivity index (χ3v) is 2.25. The van der Waals surface area contributed by atoms with E-state index in [1.54, 1.807) is 36.9 Å². The number of pyridine rings is 1. The highest BCUT2D eigenvalue weighted by Gasteiger charge is 2.11. The summed E-state index contributed by atoms with van der Waals surface area (Å²) in [5.74, 6) is 1.14. The second-order valence-corrected chi connectivity index (χ2v) is 3.48. The summed E-state index contributed by atoms with van der Waals surface area (Å²) in [6.07, 6.45) is 6.29. The van der Waals surface area contributed by atoms with E-state index in [2.05, 4.69) is 25.1 Å². The topological polar surface area (TPSA) is 104 Å². The number of aromatic nitrogens is 5. The molecule has 0 unspecified atom stereocenters. The normalized spacial score (nSPS) is 10.4. The maximum absolute atomic E-state index is 5.59. The van der Waals surface area contributed by atoms with Crippen molar-refractivity contribution in [3.05, 3.63) is 36.9 Å². The molecule has 0 saturated carbocycles. The van der Waals surface area contributed by atoms with E-state index < -0.39 is 0 Å². The molecule has 18 heavy (non-hydrogen) atoms. The van der Waals surface area contributed by atoms with Gasteiger partial charge >= 0.3 is 0 Å². The SMILES string of the molecule is Nc1cc(-c2nc(-c3cnccn3)no2)ccn1. The van der Waals surface area contributed by atoms with E-state index in [4.69, 9.17) is 10.3 Å². The average molecular weight is 240 g/mol. The van der Waals surface area contributed by atoms with Gasteiger partial charge in [0.05, 0.1) is 6.20 Å². The lowest BCUT2D eigenvalue weighted by Gasteiger charge is -1.94. The van der Waals surface area contributed by atoms with Gasteiger partial charge in [-0.3, -0.25) is 4.98 Å². The highest BCUT2D eigenvalue weighted by Crippen LogP contribution is 2.21. The van der Waals surface area contributed by atoms with Gasteiger partial charge in [-0.15, -0.1) is 0 Å². The molecule has 3 aromatic heterocycles. The summed E-state index contributed by atoms with van der Waals surface area (Å²) < 4.78 is 5.15. The number of hydrogen-bond donors (Lipinski definition) is 1. The van der Waals surface area contributed by atoms with Crippen LogP contribution < -0.4 is 5.73 Å². The van der Waals surface area contributed by atoms with E-state index >= 15 is 0 Å². The van der Waals surface area contributed by atoms with Crippen LogP contribution in [0.15, 0.2) is 41.4 Å². The van der Waals surface area contributed by atoms with Gasteiger partial charge in [-0.1, -0.05) is 5.16 Å². The van der Waals surface area contributed by atoms with Crippen molar-refractivity contribution in [2.24, 2.45) is 0 Å². The van der Waals surface area contributed by atoms with Gasteiger partial charge in [-0.25, -0.2) is 9.97 Å². The fourth-order valence-corrected chi connectivity index (χ4v) is 1.44. The van der Waals surface area contributed by atoms with Gasteiger partial charge in [0.25, 0.3) is 5.89 Å². The van der Waals surface area contributed by atoms with Crippen molar-refractivity contribution in [2.45, 2.75) is 0 Å². The number of rotatable bonds is 2.